The standard InChI is InChI=1S/C11H20N4/c1-2-6-10-13-11(12)15(14-10)9-7-4-3-5-8-9/h9H,2-8H2,1H3,(H2,12,13,14). The number of aromatic nitrogens is 3. The highest BCUT2D eigenvalue weighted by Gasteiger charge is 2.19. The Kier molecular flexibility index (Phi) is 3.23. The molecule has 1 aromatic rings. The van der Waals surface area contributed by atoms with Crippen molar-refractivity contribution in [2.24, 2.45) is 0 Å². The van der Waals surface area contributed by atoms with E-state index in [1.54, 1.807) is 0 Å². The lowest BCUT2D eigenvalue weighted by Gasteiger charge is -2.22. The first-order chi connectivity index (χ1) is 7.31. The number of anilines is 1. The molecule has 1 heterocycles. The molecule has 0 atom stereocenters. The number of hydrogen-bond acceptors (Lipinski definition) is 3. The van der Waals surface area contributed by atoms with E-state index in [-0.39, 0.29) is 0 Å². The van der Waals surface area contributed by atoms with Crippen molar-refractivity contribution in [2.75, 3.05) is 5.73 Å². The summed E-state index contributed by atoms with van der Waals surface area (Å²) in [4.78, 5) is 4.31. The lowest BCUT2D eigenvalue weighted by atomic mass is 9.96. The number of nitrogens with two attached hydrogens (primary N) is 1. The Morgan fingerprint density at radius 3 is 2.73 bits per heavy atom. The van der Waals surface area contributed by atoms with Crippen molar-refractivity contribution in [1.29, 1.82) is 0 Å². The second-order valence-corrected chi connectivity index (χ2v) is 4.37. The number of nitrogens with zero attached hydrogens (tertiary/aromatic N) is 3. The number of nitrogen functional groups attached to an aromatic ring is 1. The van der Waals surface area contributed by atoms with Gasteiger partial charge in [0, 0.05) is 6.42 Å². The second kappa shape index (κ2) is 4.64. The van der Waals surface area contributed by atoms with Gasteiger partial charge in [-0.2, -0.15) is 10.1 Å². The quantitative estimate of drug-likeness (QED) is 0.829. The van der Waals surface area contributed by atoms with E-state index in [0.29, 0.717) is 12.0 Å². The first kappa shape index (κ1) is 10.5. The summed E-state index contributed by atoms with van der Waals surface area (Å²) in [6.45, 7) is 2.14. The lowest BCUT2D eigenvalue weighted by Crippen LogP contribution is -2.16. The average molecular weight is 208 g/mol. The Labute approximate surface area is 90.9 Å². The van der Waals surface area contributed by atoms with Gasteiger partial charge >= 0.3 is 0 Å². The Balaban J connectivity index is 2.11. The van der Waals surface area contributed by atoms with Gasteiger partial charge in [-0.1, -0.05) is 26.2 Å². The van der Waals surface area contributed by atoms with E-state index in [0.717, 1.165) is 18.7 Å². The van der Waals surface area contributed by atoms with Crippen LogP contribution in [0.5, 0.6) is 0 Å². The highest BCUT2D eigenvalue weighted by Crippen LogP contribution is 2.28. The van der Waals surface area contributed by atoms with Crippen molar-refractivity contribution >= 4 is 5.95 Å². The third-order valence-electron chi connectivity index (χ3n) is 3.10. The minimum Gasteiger partial charge on any atom is -0.368 e. The summed E-state index contributed by atoms with van der Waals surface area (Å²) in [6, 6.07) is 0.497. The van der Waals surface area contributed by atoms with Crippen molar-refractivity contribution in [2.45, 2.75) is 57.9 Å². The van der Waals surface area contributed by atoms with Crippen LogP contribution in [0.25, 0.3) is 0 Å². The number of hydrogen-bond donors (Lipinski definition) is 1. The van der Waals surface area contributed by atoms with Gasteiger partial charge in [-0.05, 0) is 19.3 Å². The summed E-state index contributed by atoms with van der Waals surface area (Å²) < 4.78 is 1.95. The molecule has 0 saturated heterocycles. The molecule has 0 bridgehead atoms. The zero-order valence-electron chi connectivity index (χ0n) is 9.45. The summed E-state index contributed by atoms with van der Waals surface area (Å²) in [5.74, 6) is 1.51. The van der Waals surface area contributed by atoms with Gasteiger partial charge in [-0.15, -0.1) is 0 Å². The smallest absolute Gasteiger partial charge is 0.218 e. The monoisotopic (exact) mass is 208 g/mol. The third kappa shape index (κ3) is 2.30. The predicted molar refractivity (Wildman–Crippen MR) is 60.6 cm³/mol. The minimum absolute atomic E-state index is 0.497. The summed E-state index contributed by atoms with van der Waals surface area (Å²) in [5, 5.41) is 4.50. The van der Waals surface area contributed by atoms with Crippen molar-refractivity contribution in [3.05, 3.63) is 5.82 Å². The molecule has 4 nitrogen and oxygen atoms in total. The van der Waals surface area contributed by atoms with Crippen molar-refractivity contribution in [1.82, 2.24) is 14.8 Å². The van der Waals surface area contributed by atoms with E-state index < -0.39 is 0 Å². The summed E-state index contributed by atoms with van der Waals surface area (Å²) in [6.07, 6.45) is 8.38. The van der Waals surface area contributed by atoms with Crippen LogP contribution in [-0.4, -0.2) is 14.8 Å². The van der Waals surface area contributed by atoms with Gasteiger partial charge in [0.15, 0.2) is 5.82 Å². The van der Waals surface area contributed by atoms with Gasteiger partial charge in [-0.25, -0.2) is 4.68 Å². The number of rotatable bonds is 3. The summed E-state index contributed by atoms with van der Waals surface area (Å²) >= 11 is 0. The Morgan fingerprint density at radius 1 is 1.33 bits per heavy atom. The third-order valence-corrected chi connectivity index (χ3v) is 3.10. The Morgan fingerprint density at radius 2 is 2.07 bits per heavy atom. The summed E-state index contributed by atoms with van der Waals surface area (Å²) in [5.41, 5.74) is 5.89. The SMILES string of the molecule is CCCc1nc(N)n(C2CCCCC2)n1. The molecule has 84 valence electrons. The highest BCUT2D eigenvalue weighted by molar-refractivity contribution is 5.17. The zero-order chi connectivity index (χ0) is 10.7. The lowest BCUT2D eigenvalue weighted by molar-refractivity contribution is 0.331. The van der Waals surface area contributed by atoms with Gasteiger partial charge in [0.2, 0.25) is 5.95 Å². The molecule has 0 aromatic carbocycles. The molecule has 1 aliphatic carbocycles. The molecular weight excluding hydrogens is 188 g/mol. The van der Waals surface area contributed by atoms with E-state index in [1.807, 2.05) is 4.68 Å². The average Bonchev–Trinajstić information content (AvgIpc) is 2.61. The minimum atomic E-state index is 0.497. The van der Waals surface area contributed by atoms with Crippen LogP contribution in [0.1, 0.15) is 57.3 Å². The van der Waals surface area contributed by atoms with Gasteiger partial charge in [0.05, 0.1) is 6.04 Å². The molecule has 0 unspecified atom stereocenters. The van der Waals surface area contributed by atoms with Crippen LogP contribution in [0, 0.1) is 0 Å². The van der Waals surface area contributed by atoms with Gasteiger partial charge < -0.3 is 5.73 Å². The molecule has 1 fully saturated rings. The van der Waals surface area contributed by atoms with E-state index >= 15 is 0 Å². The van der Waals surface area contributed by atoms with Gasteiger partial charge in [0.25, 0.3) is 0 Å². The molecule has 1 saturated carbocycles. The van der Waals surface area contributed by atoms with Crippen LogP contribution in [0.3, 0.4) is 0 Å². The molecule has 15 heavy (non-hydrogen) atoms. The largest absolute Gasteiger partial charge is 0.368 e. The molecule has 0 spiro atoms. The van der Waals surface area contributed by atoms with Gasteiger partial charge in [0.1, 0.15) is 0 Å². The van der Waals surface area contributed by atoms with Crippen LogP contribution in [-0.2, 0) is 6.42 Å². The molecule has 0 radical (unpaired) electrons. The maximum Gasteiger partial charge on any atom is 0.218 e. The summed E-state index contributed by atoms with van der Waals surface area (Å²) in [7, 11) is 0. The Bertz CT molecular complexity index is 312. The van der Waals surface area contributed by atoms with Crippen LogP contribution < -0.4 is 5.73 Å². The number of aryl methyl sites for hydroxylation is 1. The van der Waals surface area contributed by atoms with Crippen molar-refractivity contribution in [3.63, 3.8) is 0 Å². The highest BCUT2D eigenvalue weighted by atomic mass is 15.4. The molecule has 2 N–H and O–H groups in total. The van der Waals surface area contributed by atoms with Crippen molar-refractivity contribution in [3.8, 4) is 0 Å². The van der Waals surface area contributed by atoms with E-state index in [9.17, 15) is 0 Å². The van der Waals surface area contributed by atoms with Crippen LogP contribution in [0.2, 0.25) is 0 Å². The van der Waals surface area contributed by atoms with Crippen LogP contribution >= 0.6 is 0 Å². The van der Waals surface area contributed by atoms with Gasteiger partial charge in [-0.3, -0.25) is 0 Å². The topological polar surface area (TPSA) is 56.7 Å². The molecule has 0 aliphatic heterocycles. The predicted octanol–water partition coefficient (Wildman–Crippen LogP) is 2.32. The fourth-order valence-corrected chi connectivity index (χ4v) is 2.31. The van der Waals surface area contributed by atoms with E-state index in [2.05, 4.69) is 17.0 Å². The van der Waals surface area contributed by atoms with Crippen LogP contribution in [0.4, 0.5) is 5.95 Å². The van der Waals surface area contributed by atoms with E-state index in [1.165, 1.54) is 32.1 Å². The molecule has 2 rings (SSSR count). The fourth-order valence-electron chi connectivity index (χ4n) is 2.31. The maximum absolute atomic E-state index is 5.89. The van der Waals surface area contributed by atoms with Crippen molar-refractivity contribution < 1.29 is 0 Å². The fraction of sp³-hybridized carbons (Fsp3) is 0.818. The maximum atomic E-state index is 5.89. The molecule has 1 aliphatic rings. The van der Waals surface area contributed by atoms with E-state index in [4.69, 9.17) is 5.73 Å². The molecule has 1 aromatic heterocycles. The molecule has 0 amide bonds. The first-order valence-electron chi connectivity index (χ1n) is 6.02. The first-order valence-corrected chi connectivity index (χ1v) is 6.02. The second-order valence-electron chi connectivity index (χ2n) is 4.37. The Hall–Kier alpha value is -1.06. The van der Waals surface area contributed by atoms with Crippen LogP contribution in [0.15, 0.2) is 0 Å². The normalized spacial score (nSPS) is 18.2. The molecule has 4 heteroatoms. The zero-order valence-corrected chi connectivity index (χ0v) is 9.45. The molecular formula is C11H20N4.